The van der Waals surface area contributed by atoms with E-state index in [9.17, 15) is 9.18 Å². The van der Waals surface area contributed by atoms with E-state index in [1.165, 1.54) is 23.9 Å². The van der Waals surface area contributed by atoms with Gasteiger partial charge in [-0.25, -0.2) is 4.39 Å². The van der Waals surface area contributed by atoms with E-state index in [0.29, 0.717) is 28.8 Å². The first-order valence-corrected chi connectivity index (χ1v) is 10.4. The second kappa shape index (κ2) is 8.31. The quantitative estimate of drug-likeness (QED) is 0.319. The molecule has 0 amide bonds. The van der Waals surface area contributed by atoms with E-state index in [1.807, 2.05) is 37.6 Å². The van der Waals surface area contributed by atoms with Crippen LogP contribution >= 0.6 is 11.8 Å². The Kier molecular flexibility index (Phi) is 5.59. The molecule has 154 valence electrons. The lowest BCUT2D eigenvalue weighted by molar-refractivity contribution is 0.102. The number of Topliss-reactive ketones (excluding diaryl/α,β-unsaturated/α-hetero) is 1. The molecule has 0 bridgehead atoms. The van der Waals surface area contributed by atoms with Crippen molar-refractivity contribution in [1.29, 1.82) is 0 Å². The summed E-state index contributed by atoms with van der Waals surface area (Å²) in [6.07, 6.45) is 1.59. The highest BCUT2D eigenvalue weighted by atomic mass is 32.2. The Bertz CT molecular complexity index is 1180. The van der Waals surface area contributed by atoms with Gasteiger partial charge in [0.15, 0.2) is 22.5 Å². The van der Waals surface area contributed by atoms with Crippen LogP contribution in [0.5, 0.6) is 0 Å². The van der Waals surface area contributed by atoms with Gasteiger partial charge >= 0.3 is 0 Å². The average Bonchev–Trinajstić information content (AvgIpc) is 3.44. The zero-order chi connectivity index (χ0) is 21.3. The number of thioether (sulfide) groups is 1. The molecule has 30 heavy (non-hydrogen) atoms. The van der Waals surface area contributed by atoms with Gasteiger partial charge in [0.05, 0.1) is 12.0 Å². The maximum absolute atomic E-state index is 13.2. The van der Waals surface area contributed by atoms with E-state index in [4.69, 9.17) is 4.42 Å². The minimum atomic E-state index is -0.258. The molecule has 1 aromatic carbocycles. The van der Waals surface area contributed by atoms with Gasteiger partial charge in [0.2, 0.25) is 0 Å². The molecule has 0 aliphatic rings. The number of carbonyl (C=O) groups is 1. The normalized spacial score (nSPS) is 11.2. The van der Waals surface area contributed by atoms with Gasteiger partial charge in [-0.15, -0.1) is 10.2 Å². The summed E-state index contributed by atoms with van der Waals surface area (Å²) >= 11 is 1.34. The minimum Gasteiger partial charge on any atom is -0.461 e. The maximum atomic E-state index is 13.2. The van der Waals surface area contributed by atoms with Crippen molar-refractivity contribution in [2.24, 2.45) is 7.05 Å². The Balaban J connectivity index is 1.47. The summed E-state index contributed by atoms with van der Waals surface area (Å²) in [6.45, 7) is 4.50. The average molecular weight is 425 g/mol. The standard InChI is InChI=1S/C22H21FN4O2S/c1-14-11-18(15(2)27(14)12-16-6-8-17(23)9-7-16)19(28)13-30-22-25-24-21(26(22)3)20-5-4-10-29-20/h4-11H,12-13H2,1-3H3. The fourth-order valence-corrected chi connectivity index (χ4v) is 4.16. The van der Waals surface area contributed by atoms with Gasteiger partial charge in [0.1, 0.15) is 5.82 Å². The molecule has 0 fully saturated rings. The molecule has 0 atom stereocenters. The lowest BCUT2D eigenvalue weighted by Crippen LogP contribution is -2.08. The van der Waals surface area contributed by atoms with Crippen LogP contribution < -0.4 is 0 Å². The number of hydrogen-bond acceptors (Lipinski definition) is 5. The van der Waals surface area contributed by atoms with Crippen molar-refractivity contribution in [1.82, 2.24) is 19.3 Å². The first-order chi connectivity index (χ1) is 14.4. The summed E-state index contributed by atoms with van der Waals surface area (Å²) in [7, 11) is 1.85. The molecule has 4 rings (SSSR count). The monoisotopic (exact) mass is 424 g/mol. The number of nitrogens with zero attached hydrogens (tertiary/aromatic N) is 4. The highest BCUT2D eigenvalue weighted by Gasteiger charge is 2.19. The maximum Gasteiger partial charge on any atom is 0.200 e. The summed E-state index contributed by atoms with van der Waals surface area (Å²) in [5, 5.41) is 8.98. The molecule has 6 nitrogen and oxygen atoms in total. The summed E-state index contributed by atoms with van der Waals surface area (Å²) < 4.78 is 22.4. The predicted octanol–water partition coefficient (Wildman–Crippen LogP) is 4.66. The van der Waals surface area contributed by atoms with Gasteiger partial charge in [-0.05, 0) is 49.7 Å². The van der Waals surface area contributed by atoms with Crippen LogP contribution in [0.2, 0.25) is 0 Å². The minimum absolute atomic E-state index is 0.0287. The second-order valence-electron chi connectivity index (χ2n) is 7.05. The molecule has 0 N–H and O–H groups in total. The molecule has 3 aromatic heterocycles. The van der Waals surface area contributed by atoms with Gasteiger partial charge in [-0.2, -0.15) is 0 Å². The van der Waals surface area contributed by atoms with Crippen molar-refractivity contribution in [2.45, 2.75) is 25.5 Å². The number of rotatable bonds is 7. The van der Waals surface area contributed by atoms with Crippen LogP contribution in [0.3, 0.4) is 0 Å². The molecule has 0 unspecified atom stereocenters. The van der Waals surface area contributed by atoms with Gasteiger partial charge < -0.3 is 13.6 Å². The number of carbonyl (C=O) groups excluding carboxylic acids is 1. The summed E-state index contributed by atoms with van der Waals surface area (Å²) in [5.74, 6) is 1.28. The molecule has 0 aliphatic heterocycles. The molecule has 0 saturated carbocycles. The first kappa shape index (κ1) is 20.2. The Morgan fingerprint density at radius 2 is 1.93 bits per heavy atom. The molecule has 0 saturated heterocycles. The van der Waals surface area contributed by atoms with Gasteiger partial charge in [-0.1, -0.05) is 23.9 Å². The number of halogens is 1. The van der Waals surface area contributed by atoms with Crippen molar-refractivity contribution in [3.8, 4) is 11.6 Å². The van der Waals surface area contributed by atoms with Crippen molar-refractivity contribution >= 4 is 17.5 Å². The van der Waals surface area contributed by atoms with E-state index in [-0.39, 0.29) is 17.4 Å². The number of aryl methyl sites for hydroxylation is 1. The summed E-state index contributed by atoms with van der Waals surface area (Å²) in [6, 6.07) is 11.9. The van der Waals surface area contributed by atoms with Crippen LogP contribution in [0, 0.1) is 19.7 Å². The second-order valence-corrected chi connectivity index (χ2v) is 7.99. The van der Waals surface area contributed by atoms with Crippen LogP contribution in [0.25, 0.3) is 11.6 Å². The first-order valence-electron chi connectivity index (χ1n) is 9.44. The Morgan fingerprint density at radius 1 is 1.17 bits per heavy atom. The van der Waals surface area contributed by atoms with Crippen LogP contribution in [0.1, 0.15) is 27.3 Å². The molecule has 3 heterocycles. The SMILES string of the molecule is Cc1cc(C(=O)CSc2nnc(-c3ccco3)n2C)c(C)n1Cc1ccc(F)cc1. The van der Waals surface area contributed by atoms with Crippen molar-refractivity contribution < 1.29 is 13.6 Å². The van der Waals surface area contributed by atoms with Gasteiger partial charge in [0, 0.05) is 30.5 Å². The van der Waals surface area contributed by atoms with E-state index >= 15 is 0 Å². The lowest BCUT2D eigenvalue weighted by Gasteiger charge is -2.10. The van der Waals surface area contributed by atoms with Gasteiger partial charge in [-0.3, -0.25) is 4.79 Å². The molecule has 4 aromatic rings. The van der Waals surface area contributed by atoms with Crippen molar-refractivity contribution in [2.75, 3.05) is 5.75 Å². The number of hydrogen-bond donors (Lipinski definition) is 0. The number of furan rings is 1. The van der Waals surface area contributed by atoms with Crippen molar-refractivity contribution in [3.05, 3.63) is 77.1 Å². The highest BCUT2D eigenvalue weighted by Crippen LogP contribution is 2.25. The van der Waals surface area contributed by atoms with E-state index < -0.39 is 0 Å². The topological polar surface area (TPSA) is 65.8 Å². The van der Waals surface area contributed by atoms with Gasteiger partial charge in [0.25, 0.3) is 0 Å². The number of ketones is 1. The molecule has 0 spiro atoms. The number of aromatic nitrogens is 4. The predicted molar refractivity (Wildman–Crippen MR) is 113 cm³/mol. The zero-order valence-corrected chi connectivity index (χ0v) is 17.7. The molecule has 0 aliphatic carbocycles. The Hall–Kier alpha value is -3.13. The van der Waals surface area contributed by atoms with E-state index in [2.05, 4.69) is 14.8 Å². The lowest BCUT2D eigenvalue weighted by atomic mass is 10.2. The largest absolute Gasteiger partial charge is 0.461 e. The third-order valence-corrected chi connectivity index (χ3v) is 6.06. The molecule has 0 radical (unpaired) electrons. The van der Waals surface area contributed by atoms with Crippen LogP contribution in [0.4, 0.5) is 4.39 Å². The summed E-state index contributed by atoms with van der Waals surface area (Å²) in [4.78, 5) is 12.9. The molecular formula is C22H21FN4O2S. The third kappa shape index (κ3) is 3.95. The van der Waals surface area contributed by atoms with Crippen LogP contribution in [-0.2, 0) is 13.6 Å². The summed E-state index contributed by atoms with van der Waals surface area (Å²) in [5.41, 5.74) is 3.56. The highest BCUT2D eigenvalue weighted by molar-refractivity contribution is 7.99. The Labute approximate surface area is 177 Å². The fraction of sp³-hybridized carbons (Fsp3) is 0.227. The van der Waals surface area contributed by atoms with E-state index in [1.54, 1.807) is 24.5 Å². The molecular weight excluding hydrogens is 403 g/mol. The van der Waals surface area contributed by atoms with Crippen LogP contribution in [0.15, 0.2) is 58.3 Å². The van der Waals surface area contributed by atoms with E-state index in [0.717, 1.165) is 17.0 Å². The number of benzene rings is 1. The zero-order valence-electron chi connectivity index (χ0n) is 16.9. The smallest absolute Gasteiger partial charge is 0.200 e. The fourth-order valence-electron chi connectivity index (χ4n) is 3.37. The Morgan fingerprint density at radius 3 is 2.63 bits per heavy atom. The van der Waals surface area contributed by atoms with Crippen molar-refractivity contribution in [3.63, 3.8) is 0 Å². The molecule has 8 heteroatoms. The third-order valence-electron chi connectivity index (χ3n) is 5.04. The van der Waals surface area contributed by atoms with Crippen LogP contribution in [-0.4, -0.2) is 30.9 Å².